The van der Waals surface area contributed by atoms with E-state index in [0.29, 0.717) is 26.4 Å². The molecule has 1 amide bonds. The van der Waals surface area contributed by atoms with Crippen LogP contribution in [0.25, 0.3) is 0 Å². The molecule has 0 atom stereocenters. The second-order valence-electron chi connectivity index (χ2n) is 7.15. The second kappa shape index (κ2) is 8.73. The molecular weight excluding hydrogens is 429 g/mol. The van der Waals surface area contributed by atoms with E-state index in [2.05, 4.69) is 5.32 Å². The first-order valence-corrected chi connectivity index (χ1v) is 10.8. The van der Waals surface area contributed by atoms with Crippen molar-refractivity contribution in [3.05, 3.63) is 63.4 Å². The second-order valence-corrected chi connectivity index (χ2v) is 8.33. The molecular formula is C20H21Cl2N5OS. The van der Waals surface area contributed by atoms with Crippen molar-refractivity contribution in [1.29, 1.82) is 0 Å². The fraction of sp³-hybridized carbons (Fsp3) is 0.350. The minimum atomic E-state index is -0.288. The number of halogens is 2. The van der Waals surface area contributed by atoms with Crippen LogP contribution in [0.2, 0.25) is 10.0 Å². The van der Waals surface area contributed by atoms with Gasteiger partial charge in [0.15, 0.2) is 5.82 Å². The van der Waals surface area contributed by atoms with Crippen LogP contribution in [0.5, 0.6) is 0 Å². The van der Waals surface area contributed by atoms with Gasteiger partial charge in [-0.15, -0.1) is 0 Å². The van der Waals surface area contributed by atoms with Crippen molar-refractivity contribution in [2.75, 3.05) is 5.32 Å². The van der Waals surface area contributed by atoms with Gasteiger partial charge in [-0.05, 0) is 49.3 Å². The molecule has 29 heavy (non-hydrogen) atoms. The van der Waals surface area contributed by atoms with E-state index in [0.717, 1.165) is 18.7 Å². The molecule has 2 heterocycles. The van der Waals surface area contributed by atoms with Gasteiger partial charge in [-0.25, -0.2) is 9.36 Å². The lowest BCUT2D eigenvalue weighted by molar-refractivity contribution is -0.116. The smallest absolute Gasteiger partial charge is 0.246 e. The van der Waals surface area contributed by atoms with Gasteiger partial charge < -0.3 is 5.32 Å². The molecule has 1 aromatic carbocycles. The van der Waals surface area contributed by atoms with Gasteiger partial charge in [-0.2, -0.15) is 5.10 Å². The Kier molecular flexibility index (Phi) is 6.08. The number of para-hydroxylation sites is 1. The SMILES string of the molecule is O=C(Cn1nc(C2CCCCC2)n(-n2cccc2)c1=S)Nc1c(Cl)cccc1Cl. The Hall–Kier alpha value is -2.09. The molecule has 1 aliphatic rings. The Bertz CT molecular complexity index is 1050. The van der Waals surface area contributed by atoms with Crippen molar-refractivity contribution in [2.45, 2.75) is 44.6 Å². The van der Waals surface area contributed by atoms with Crippen LogP contribution in [0, 0.1) is 4.77 Å². The van der Waals surface area contributed by atoms with Gasteiger partial charge >= 0.3 is 0 Å². The van der Waals surface area contributed by atoms with Crippen molar-refractivity contribution in [1.82, 2.24) is 19.1 Å². The molecule has 0 aliphatic heterocycles. The van der Waals surface area contributed by atoms with Crippen molar-refractivity contribution in [3.8, 4) is 0 Å². The van der Waals surface area contributed by atoms with Crippen LogP contribution in [0.1, 0.15) is 43.8 Å². The zero-order valence-corrected chi connectivity index (χ0v) is 18.1. The van der Waals surface area contributed by atoms with Gasteiger partial charge in [0.1, 0.15) is 6.54 Å². The molecule has 2 aromatic heterocycles. The zero-order valence-electron chi connectivity index (χ0n) is 15.7. The van der Waals surface area contributed by atoms with Gasteiger partial charge in [0.2, 0.25) is 10.7 Å². The number of nitrogens with one attached hydrogen (secondary N) is 1. The van der Waals surface area contributed by atoms with Gasteiger partial charge in [0.05, 0.1) is 15.7 Å². The molecule has 0 unspecified atom stereocenters. The van der Waals surface area contributed by atoms with Gasteiger partial charge in [-0.1, -0.05) is 48.5 Å². The molecule has 1 fully saturated rings. The van der Waals surface area contributed by atoms with Gasteiger partial charge in [-0.3, -0.25) is 9.47 Å². The standard InChI is InChI=1S/C20H21Cl2N5OS/c21-15-9-6-10-16(22)18(15)23-17(28)13-26-20(29)27(25-11-4-5-12-25)19(24-26)14-7-2-1-3-8-14/h4-6,9-12,14H,1-3,7-8,13H2,(H,23,28). The monoisotopic (exact) mass is 449 g/mol. The molecule has 152 valence electrons. The van der Waals surface area contributed by atoms with E-state index in [4.69, 9.17) is 40.5 Å². The Morgan fingerprint density at radius 2 is 1.76 bits per heavy atom. The molecule has 0 bridgehead atoms. The maximum absolute atomic E-state index is 12.7. The maximum atomic E-state index is 12.7. The summed E-state index contributed by atoms with van der Waals surface area (Å²) in [5.74, 6) is 0.938. The lowest BCUT2D eigenvalue weighted by Crippen LogP contribution is -2.20. The summed E-state index contributed by atoms with van der Waals surface area (Å²) in [6.07, 6.45) is 9.63. The average Bonchev–Trinajstić information content (AvgIpc) is 3.34. The first kappa shape index (κ1) is 20.2. The number of nitrogens with zero attached hydrogens (tertiary/aromatic N) is 4. The van der Waals surface area contributed by atoms with E-state index in [1.54, 1.807) is 22.9 Å². The van der Waals surface area contributed by atoms with Crippen LogP contribution >= 0.6 is 35.4 Å². The summed E-state index contributed by atoms with van der Waals surface area (Å²) in [6.45, 7) is -0.0195. The molecule has 0 saturated heterocycles. The van der Waals surface area contributed by atoms with Crippen molar-refractivity contribution >= 4 is 47.0 Å². The molecule has 1 N–H and O–H groups in total. The minimum absolute atomic E-state index is 0.0195. The molecule has 1 aliphatic carbocycles. The van der Waals surface area contributed by atoms with Crippen LogP contribution in [0.15, 0.2) is 42.7 Å². The highest BCUT2D eigenvalue weighted by atomic mass is 35.5. The molecule has 6 nitrogen and oxygen atoms in total. The summed E-state index contributed by atoms with van der Waals surface area (Å²) in [7, 11) is 0. The highest BCUT2D eigenvalue weighted by molar-refractivity contribution is 7.71. The number of hydrogen-bond acceptors (Lipinski definition) is 3. The Labute approximate surface area is 184 Å². The third-order valence-corrected chi connectivity index (χ3v) is 6.17. The van der Waals surface area contributed by atoms with Crippen molar-refractivity contribution in [2.24, 2.45) is 0 Å². The predicted octanol–water partition coefficient (Wildman–Crippen LogP) is 5.52. The predicted molar refractivity (Wildman–Crippen MR) is 117 cm³/mol. The average molecular weight is 450 g/mol. The fourth-order valence-corrected chi connectivity index (χ4v) is 4.53. The van der Waals surface area contributed by atoms with E-state index in [1.165, 1.54) is 19.3 Å². The molecule has 0 radical (unpaired) electrons. The fourth-order valence-electron chi connectivity index (χ4n) is 3.74. The van der Waals surface area contributed by atoms with Crippen LogP contribution < -0.4 is 5.32 Å². The van der Waals surface area contributed by atoms with Crippen LogP contribution in [-0.4, -0.2) is 25.0 Å². The quantitative estimate of drug-likeness (QED) is 0.521. The number of aromatic nitrogens is 4. The topological polar surface area (TPSA) is 56.8 Å². The highest BCUT2D eigenvalue weighted by Gasteiger charge is 2.24. The van der Waals surface area contributed by atoms with E-state index in [1.807, 2.05) is 33.9 Å². The van der Waals surface area contributed by atoms with Gasteiger partial charge in [0, 0.05) is 18.3 Å². The van der Waals surface area contributed by atoms with Gasteiger partial charge in [0.25, 0.3) is 0 Å². The summed E-state index contributed by atoms with van der Waals surface area (Å²) >= 11 is 18.0. The highest BCUT2D eigenvalue weighted by Crippen LogP contribution is 2.32. The number of amides is 1. The van der Waals surface area contributed by atoms with Crippen LogP contribution in [0.3, 0.4) is 0 Å². The Morgan fingerprint density at radius 1 is 1.10 bits per heavy atom. The summed E-state index contributed by atoms with van der Waals surface area (Å²) < 4.78 is 5.88. The lowest BCUT2D eigenvalue weighted by atomic mass is 9.89. The number of carbonyl (C=O) groups excluding carboxylic acids is 1. The van der Waals surface area contributed by atoms with E-state index in [-0.39, 0.29) is 12.5 Å². The third kappa shape index (κ3) is 4.27. The van der Waals surface area contributed by atoms with Crippen LogP contribution in [0.4, 0.5) is 5.69 Å². The molecule has 4 rings (SSSR count). The van der Waals surface area contributed by atoms with E-state index in [9.17, 15) is 4.79 Å². The first-order chi connectivity index (χ1) is 14.0. The number of carbonyl (C=O) groups is 1. The minimum Gasteiger partial charge on any atom is -0.322 e. The largest absolute Gasteiger partial charge is 0.322 e. The van der Waals surface area contributed by atoms with Crippen molar-refractivity contribution in [3.63, 3.8) is 0 Å². The Morgan fingerprint density at radius 3 is 2.41 bits per heavy atom. The third-order valence-electron chi connectivity index (χ3n) is 5.15. The zero-order chi connectivity index (χ0) is 20.4. The summed E-state index contributed by atoms with van der Waals surface area (Å²) in [4.78, 5) is 12.7. The number of rotatable bonds is 5. The Balaban J connectivity index is 1.64. The number of benzene rings is 1. The molecule has 9 heteroatoms. The van der Waals surface area contributed by atoms with Crippen molar-refractivity contribution < 1.29 is 4.79 Å². The maximum Gasteiger partial charge on any atom is 0.246 e. The van der Waals surface area contributed by atoms with E-state index >= 15 is 0 Å². The van der Waals surface area contributed by atoms with E-state index < -0.39 is 0 Å². The molecule has 3 aromatic rings. The van der Waals surface area contributed by atoms with Crippen LogP contribution in [-0.2, 0) is 11.3 Å². The summed E-state index contributed by atoms with van der Waals surface area (Å²) in [6, 6.07) is 8.96. The molecule has 0 spiro atoms. The number of anilines is 1. The normalized spacial score (nSPS) is 14.8. The number of hydrogen-bond donors (Lipinski definition) is 1. The lowest BCUT2D eigenvalue weighted by Gasteiger charge is -2.21. The summed E-state index contributed by atoms with van der Waals surface area (Å²) in [5.41, 5.74) is 0.393. The molecule has 1 saturated carbocycles. The first-order valence-electron chi connectivity index (χ1n) is 9.62. The summed E-state index contributed by atoms with van der Waals surface area (Å²) in [5, 5.41) is 8.28.